The van der Waals surface area contributed by atoms with Crippen LogP contribution < -0.4 is 5.32 Å². The summed E-state index contributed by atoms with van der Waals surface area (Å²) in [5.41, 5.74) is 0.988. The molecule has 2 aromatic heterocycles. The highest BCUT2D eigenvalue weighted by Gasteiger charge is 1.98. The Balaban J connectivity index is 2.09. The highest BCUT2D eigenvalue weighted by molar-refractivity contribution is 7.71. The van der Waals surface area contributed by atoms with Gasteiger partial charge in [-0.15, -0.1) is 0 Å². The number of nitrogens with zero attached hydrogens (tertiary/aromatic N) is 2. The molecule has 0 radical (unpaired) electrons. The van der Waals surface area contributed by atoms with Gasteiger partial charge in [-0.05, 0) is 12.1 Å². The number of anilines is 1. The van der Waals surface area contributed by atoms with Crippen LogP contribution in [-0.2, 0) is 13.0 Å². The van der Waals surface area contributed by atoms with Crippen molar-refractivity contribution in [2.75, 3.05) is 5.32 Å². The number of hydrogen-bond donors (Lipinski definition) is 2. The Bertz CT molecular complexity index is 536. The molecule has 0 aromatic carbocycles. The van der Waals surface area contributed by atoms with Crippen molar-refractivity contribution in [1.29, 1.82) is 0 Å². The van der Waals surface area contributed by atoms with Crippen molar-refractivity contribution >= 4 is 18.0 Å². The average molecular weight is 246 g/mol. The quantitative estimate of drug-likeness (QED) is 0.814. The summed E-state index contributed by atoms with van der Waals surface area (Å²) in [5.74, 6) is 1.77. The van der Waals surface area contributed by atoms with Crippen LogP contribution in [0.3, 0.4) is 0 Å². The lowest BCUT2D eigenvalue weighted by molar-refractivity contribution is 0.921. The molecule has 0 fully saturated rings. The zero-order valence-electron chi connectivity index (χ0n) is 9.60. The number of nitrogens with one attached hydrogen (secondary N) is 2. The summed E-state index contributed by atoms with van der Waals surface area (Å²) in [6.45, 7) is 2.70. The number of hydrogen-bond acceptors (Lipinski definition) is 4. The Labute approximate surface area is 105 Å². The van der Waals surface area contributed by atoms with Crippen LogP contribution in [0.2, 0.25) is 0 Å². The summed E-state index contributed by atoms with van der Waals surface area (Å²) in [5, 5.41) is 3.25. The van der Waals surface area contributed by atoms with Gasteiger partial charge in [0.15, 0.2) is 0 Å². The van der Waals surface area contributed by atoms with E-state index in [1.807, 2.05) is 31.2 Å². The molecule has 0 saturated heterocycles. The molecule has 0 aliphatic rings. The van der Waals surface area contributed by atoms with Crippen molar-refractivity contribution in [3.63, 3.8) is 0 Å². The van der Waals surface area contributed by atoms with Gasteiger partial charge in [0.1, 0.15) is 16.3 Å². The fourth-order valence-corrected chi connectivity index (χ4v) is 1.69. The summed E-state index contributed by atoms with van der Waals surface area (Å²) in [4.78, 5) is 11.6. The van der Waals surface area contributed by atoms with E-state index in [1.165, 1.54) is 0 Å². The van der Waals surface area contributed by atoms with Gasteiger partial charge in [-0.25, -0.2) is 4.98 Å². The first-order valence-corrected chi connectivity index (χ1v) is 5.93. The first-order valence-electron chi connectivity index (χ1n) is 5.52. The van der Waals surface area contributed by atoms with Crippen LogP contribution in [0.15, 0.2) is 30.5 Å². The molecule has 0 saturated carbocycles. The summed E-state index contributed by atoms with van der Waals surface area (Å²) in [7, 11) is 0. The summed E-state index contributed by atoms with van der Waals surface area (Å²) in [6, 6.07) is 7.66. The Morgan fingerprint density at radius 2 is 2.29 bits per heavy atom. The van der Waals surface area contributed by atoms with E-state index in [0.717, 1.165) is 23.8 Å². The molecule has 0 aliphatic heterocycles. The van der Waals surface area contributed by atoms with E-state index in [2.05, 4.69) is 20.3 Å². The molecule has 0 bridgehead atoms. The predicted molar refractivity (Wildman–Crippen MR) is 70.4 cm³/mol. The molecular formula is C12H14N4S. The summed E-state index contributed by atoms with van der Waals surface area (Å²) < 4.78 is 0.601. The Morgan fingerprint density at radius 3 is 3.00 bits per heavy atom. The van der Waals surface area contributed by atoms with E-state index in [0.29, 0.717) is 11.2 Å². The summed E-state index contributed by atoms with van der Waals surface area (Å²) in [6.07, 6.45) is 2.62. The lowest BCUT2D eigenvalue weighted by Crippen LogP contribution is -2.05. The lowest BCUT2D eigenvalue weighted by Gasteiger charge is -2.07. The van der Waals surface area contributed by atoms with Crippen molar-refractivity contribution in [3.8, 4) is 0 Å². The standard InChI is InChI=1S/C12H14N4S/c1-2-10-15-11(7-12(17)16-10)14-8-9-5-3-4-6-13-9/h3-7H,2,8H2,1H3,(H2,14,15,16,17). The van der Waals surface area contributed by atoms with Crippen molar-refractivity contribution in [2.45, 2.75) is 19.9 Å². The monoisotopic (exact) mass is 246 g/mol. The van der Waals surface area contributed by atoms with Gasteiger partial charge in [-0.2, -0.15) is 0 Å². The topological polar surface area (TPSA) is 53.6 Å². The fraction of sp³-hybridized carbons (Fsp3) is 0.250. The molecule has 2 heterocycles. The number of rotatable bonds is 4. The minimum absolute atomic E-state index is 0.601. The van der Waals surface area contributed by atoms with Gasteiger partial charge in [-0.1, -0.05) is 25.2 Å². The second kappa shape index (κ2) is 5.54. The number of aryl methyl sites for hydroxylation is 1. The van der Waals surface area contributed by atoms with Crippen molar-refractivity contribution in [1.82, 2.24) is 15.0 Å². The molecule has 0 unspecified atom stereocenters. The van der Waals surface area contributed by atoms with Gasteiger partial charge >= 0.3 is 0 Å². The van der Waals surface area contributed by atoms with Gasteiger partial charge in [0.25, 0.3) is 0 Å². The third-order valence-electron chi connectivity index (χ3n) is 2.31. The molecular weight excluding hydrogens is 232 g/mol. The van der Waals surface area contributed by atoms with Gasteiger partial charge in [0, 0.05) is 18.7 Å². The van der Waals surface area contributed by atoms with Gasteiger partial charge in [0.05, 0.1) is 12.2 Å². The molecule has 0 amide bonds. The molecule has 5 heteroatoms. The molecule has 0 aliphatic carbocycles. The largest absolute Gasteiger partial charge is 0.366 e. The van der Waals surface area contributed by atoms with E-state index >= 15 is 0 Å². The Morgan fingerprint density at radius 1 is 1.41 bits per heavy atom. The zero-order chi connectivity index (χ0) is 12.1. The van der Waals surface area contributed by atoms with E-state index in [1.54, 1.807) is 6.20 Å². The maximum absolute atomic E-state index is 5.10. The van der Waals surface area contributed by atoms with Crippen molar-refractivity contribution in [2.24, 2.45) is 0 Å². The molecule has 17 heavy (non-hydrogen) atoms. The highest BCUT2D eigenvalue weighted by atomic mass is 32.1. The molecule has 2 aromatic rings. The van der Waals surface area contributed by atoms with Crippen LogP contribution in [0.25, 0.3) is 0 Å². The SMILES string of the molecule is CCc1nc(=S)cc(NCc2ccccn2)[nH]1. The van der Waals surface area contributed by atoms with Crippen LogP contribution in [0.1, 0.15) is 18.4 Å². The first-order chi connectivity index (χ1) is 8.28. The lowest BCUT2D eigenvalue weighted by atomic mass is 10.3. The zero-order valence-corrected chi connectivity index (χ0v) is 10.4. The van der Waals surface area contributed by atoms with Crippen LogP contribution in [-0.4, -0.2) is 15.0 Å². The molecule has 88 valence electrons. The van der Waals surface area contributed by atoms with Gasteiger partial charge in [0.2, 0.25) is 0 Å². The van der Waals surface area contributed by atoms with Crippen molar-refractivity contribution < 1.29 is 0 Å². The number of aromatic nitrogens is 3. The van der Waals surface area contributed by atoms with Crippen LogP contribution in [0.4, 0.5) is 5.82 Å². The maximum atomic E-state index is 5.10. The molecule has 0 spiro atoms. The Kier molecular flexibility index (Phi) is 3.82. The van der Waals surface area contributed by atoms with E-state index in [4.69, 9.17) is 12.2 Å². The third kappa shape index (κ3) is 3.35. The smallest absolute Gasteiger partial charge is 0.131 e. The van der Waals surface area contributed by atoms with Crippen molar-refractivity contribution in [3.05, 3.63) is 46.6 Å². The second-order valence-electron chi connectivity index (χ2n) is 3.61. The fourth-order valence-electron chi connectivity index (χ4n) is 1.46. The predicted octanol–water partition coefficient (Wildman–Crippen LogP) is 2.71. The normalized spacial score (nSPS) is 10.2. The maximum Gasteiger partial charge on any atom is 0.131 e. The van der Waals surface area contributed by atoms with Crippen LogP contribution >= 0.6 is 12.2 Å². The second-order valence-corrected chi connectivity index (χ2v) is 4.03. The molecule has 0 atom stereocenters. The van der Waals surface area contributed by atoms with E-state index in [9.17, 15) is 0 Å². The van der Waals surface area contributed by atoms with E-state index in [-0.39, 0.29) is 0 Å². The summed E-state index contributed by atoms with van der Waals surface area (Å²) >= 11 is 5.10. The number of pyridine rings is 1. The minimum atomic E-state index is 0.601. The van der Waals surface area contributed by atoms with Crippen LogP contribution in [0.5, 0.6) is 0 Å². The average Bonchev–Trinajstić information content (AvgIpc) is 2.37. The molecule has 2 N–H and O–H groups in total. The van der Waals surface area contributed by atoms with Crippen LogP contribution in [0, 0.1) is 4.64 Å². The Hall–Kier alpha value is -1.75. The number of H-pyrrole nitrogens is 1. The number of aromatic amines is 1. The third-order valence-corrected chi connectivity index (χ3v) is 2.52. The first kappa shape index (κ1) is 11.7. The molecule has 2 rings (SSSR count). The van der Waals surface area contributed by atoms with Gasteiger partial charge < -0.3 is 10.3 Å². The van der Waals surface area contributed by atoms with Gasteiger partial charge in [-0.3, -0.25) is 4.98 Å². The highest BCUT2D eigenvalue weighted by Crippen LogP contribution is 2.06. The van der Waals surface area contributed by atoms with E-state index < -0.39 is 0 Å². The minimum Gasteiger partial charge on any atom is -0.366 e. The molecule has 4 nitrogen and oxygen atoms in total.